The van der Waals surface area contributed by atoms with Crippen LogP contribution in [0.5, 0.6) is 0 Å². The number of anilines is 1. The molecule has 266 valence electrons. The molecule has 3 aromatic carbocycles. The first kappa shape index (κ1) is 34.8. The van der Waals surface area contributed by atoms with Gasteiger partial charge in [0.2, 0.25) is 21.8 Å². The fourth-order valence-corrected chi connectivity index (χ4v) is 11.0. The number of rotatable bonds is 12. The van der Waals surface area contributed by atoms with E-state index in [-0.39, 0.29) is 30.5 Å². The first-order valence-electron chi connectivity index (χ1n) is 18.8. The second-order valence-electron chi connectivity index (χ2n) is 16.0. The average Bonchev–Trinajstić information content (AvgIpc) is 3.09. The molecule has 1 atom stereocenters. The van der Waals surface area contributed by atoms with Crippen LogP contribution in [0.3, 0.4) is 0 Å². The lowest BCUT2D eigenvalue weighted by atomic mass is 9.48. The molecular weight excluding hydrogens is 643 g/mol. The highest BCUT2D eigenvalue weighted by Crippen LogP contribution is 2.60. The van der Waals surface area contributed by atoms with E-state index in [2.05, 4.69) is 17.4 Å². The molecule has 5 fully saturated rings. The molecule has 0 spiro atoms. The third kappa shape index (κ3) is 7.65. The van der Waals surface area contributed by atoms with Gasteiger partial charge in [-0.1, -0.05) is 86.0 Å². The number of sulfonamides is 1. The summed E-state index contributed by atoms with van der Waals surface area (Å²) >= 11 is 0. The van der Waals surface area contributed by atoms with Crippen molar-refractivity contribution in [3.8, 4) is 0 Å². The second-order valence-corrected chi connectivity index (χ2v) is 17.9. The number of aryl methyl sites for hydroxylation is 1. The first-order valence-corrected chi connectivity index (χ1v) is 20.7. The fourth-order valence-electron chi connectivity index (χ4n) is 10.1. The molecule has 50 heavy (non-hydrogen) atoms. The Morgan fingerprint density at radius 1 is 0.820 bits per heavy atom. The molecule has 0 unspecified atom stereocenters. The Bertz CT molecular complexity index is 1730. The van der Waals surface area contributed by atoms with Crippen molar-refractivity contribution in [3.05, 3.63) is 101 Å². The van der Waals surface area contributed by atoms with Crippen molar-refractivity contribution in [2.75, 3.05) is 17.1 Å². The van der Waals surface area contributed by atoms with Crippen LogP contribution in [-0.2, 0) is 38.0 Å². The van der Waals surface area contributed by atoms with Crippen LogP contribution in [0.15, 0.2) is 78.9 Å². The Labute approximate surface area is 298 Å². The zero-order chi connectivity index (χ0) is 34.9. The lowest BCUT2D eigenvalue weighted by Gasteiger charge is -2.57. The Balaban J connectivity index is 1.19. The summed E-state index contributed by atoms with van der Waals surface area (Å²) in [5, 5.41) is 3.29. The van der Waals surface area contributed by atoms with Crippen molar-refractivity contribution in [1.82, 2.24) is 10.2 Å². The van der Waals surface area contributed by atoms with Crippen LogP contribution in [0.25, 0.3) is 0 Å². The lowest BCUT2D eigenvalue weighted by Crippen LogP contribution is -2.55. The molecule has 1 N–H and O–H groups in total. The zero-order valence-electron chi connectivity index (χ0n) is 29.7. The minimum Gasteiger partial charge on any atom is -0.352 e. The van der Waals surface area contributed by atoms with Gasteiger partial charge in [-0.05, 0) is 116 Å². The molecule has 0 aromatic heterocycles. The van der Waals surface area contributed by atoms with Gasteiger partial charge in [-0.25, -0.2) is 8.42 Å². The van der Waals surface area contributed by atoms with Gasteiger partial charge in [-0.2, -0.15) is 0 Å². The van der Waals surface area contributed by atoms with Gasteiger partial charge in [0.1, 0.15) is 12.6 Å². The highest BCUT2D eigenvalue weighted by molar-refractivity contribution is 7.92. The number of benzene rings is 3. The van der Waals surface area contributed by atoms with E-state index in [0.29, 0.717) is 12.1 Å². The molecular formula is C42H53N3O4S. The molecule has 7 nitrogen and oxygen atoms in total. The van der Waals surface area contributed by atoms with E-state index >= 15 is 0 Å². The van der Waals surface area contributed by atoms with Gasteiger partial charge >= 0.3 is 0 Å². The van der Waals surface area contributed by atoms with Crippen LogP contribution in [0, 0.1) is 24.7 Å². The maximum absolute atomic E-state index is 14.7. The number of amides is 2. The molecule has 8 heteroatoms. The normalized spacial score (nSPS) is 25.2. The first-order chi connectivity index (χ1) is 24.1. The van der Waals surface area contributed by atoms with Crippen LogP contribution >= 0.6 is 0 Å². The third-order valence-corrected chi connectivity index (χ3v) is 13.5. The molecule has 0 heterocycles. The quantitative estimate of drug-likeness (QED) is 0.215. The number of hydrogen-bond donors (Lipinski definition) is 1. The lowest BCUT2D eigenvalue weighted by molar-refractivity contribution is -0.140. The minimum absolute atomic E-state index is 0.0740. The van der Waals surface area contributed by atoms with Crippen LogP contribution < -0.4 is 9.62 Å². The predicted octanol–water partition coefficient (Wildman–Crippen LogP) is 7.32. The number of nitrogens with one attached hydrogen (secondary N) is 1. The number of carbonyl (C=O) groups is 2. The van der Waals surface area contributed by atoms with E-state index in [1.165, 1.54) is 54.8 Å². The average molecular weight is 696 g/mol. The Morgan fingerprint density at radius 2 is 1.42 bits per heavy atom. The summed E-state index contributed by atoms with van der Waals surface area (Å²) in [7, 11) is -3.83. The van der Waals surface area contributed by atoms with E-state index in [9.17, 15) is 18.0 Å². The molecule has 5 aliphatic rings. The van der Waals surface area contributed by atoms with Gasteiger partial charge in [-0.3, -0.25) is 13.9 Å². The van der Waals surface area contributed by atoms with E-state index in [4.69, 9.17) is 0 Å². The molecule has 4 bridgehead atoms. The molecule has 5 saturated carbocycles. The minimum atomic E-state index is -3.83. The summed E-state index contributed by atoms with van der Waals surface area (Å²) < 4.78 is 28.1. The van der Waals surface area contributed by atoms with Gasteiger partial charge < -0.3 is 10.2 Å². The molecule has 0 radical (unpaired) electrons. The number of carbonyl (C=O) groups excluding carboxylic acids is 2. The maximum atomic E-state index is 14.7. The second kappa shape index (κ2) is 14.5. The smallest absolute Gasteiger partial charge is 0.244 e. The van der Waals surface area contributed by atoms with E-state index in [0.717, 1.165) is 66.4 Å². The predicted molar refractivity (Wildman–Crippen MR) is 199 cm³/mol. The molecule has 0 saturated heterocycles. The standard InChI is InChI=1S/C42H53N3O4S/c1-30-11-9-10-14-35(30)28-44(39(24-31-12-5-3-6-13-31)41(47)43-37-15-7-4-8-16-37)40(46)29-45(50(2,48)49)38-19-17-36(18-20-38)42-25-32-21-33(26-42)23-34(22-32)27-42/h3,5-6,9-14,17-20,32-34,37,39H,4,7-8,15-16,21-29H2,1-2H3,(H,43,47)/t32?,33?,34?,39-,42?/m1/s1. The summed E-state index contributed by atoms with van der Waals surface area (Å²) in [6, 6.07) is 24.9. The third-order valence-electron chi connectivity index (χ3n) is 12.3. The van der Waals surface area contributed by atoms with Crippen LogP contribution in [0.1, 0.15) is 92.9 Å². The SMILES string of the molecule is Cc1ccccc1CN(C(=O)CN(c1ccc(C23CC4CC(CC(C4)C2)C3)cc1)S(C)(=O)=O)[C@H](Cc1ccccc1)C(=O)NC1CCCCC1. The molecule has 3 aromatic rings. The van der Waals surface area contributed by atoms with E-state index in [1.807, 2.05) is 73.7 Å². The molecule has 2 amide bonds. The van der Waals surface area contributed by atoms with Gasteiger partial charge in [0.05, 0.1) is 11.9 Å². The zero-order valence-corrected chi connectivity index (χ0v) is 30.5. The van der Waals surface area contributed by atoms with Crippen molar-refractivity contribution in [2.24, 2.45) is 17.8 Å². The van der Waals surface area contributed by atoms with Gasteiger partial charge in [0.25, 0.3) is 0 Å². The highest BCUT2D eigenvalue weighted by Gasteiger charge is 2.51. The number of hydrogen-bond acceptors (Lipinski definition) is 4. The Kier molecular flexibility index (Phi) is 10.1. The fraction of sp³-hybridized carbons (Fsp3) is 0.524. The van der Waals surface area contributed by atoms with Crippen molar-refractivity contribution >= 4 is 27.5 Å². The van der Waals surface area contributed by atoms with E-state index < -0.39 is 22.0 Å². The van der Waals surface area contributed by atoms with Crippen molar-refractivity contribution < 1.29 is 18.0 Å². The molecule has 5 aliphatic carbocycles. The Hall–Kier alpha value is -3.65. The summed E-state index contributed by atoms with van der Waals surface area (Å²) in [5.41, 5.74) is 4.87. The topological polar surface area (TPSA) is 86.8 Å². The van der Waals surface area contributed by atoms with Crippen molar-refractivity contribution in [2.45, 2.75) is 108 Å². The van der Waals surface area contributed by atoms with Crippen LogP contribution in [-0.4, -0.2) is 50.0 Å². The summed E-state index contributed by atoms with van der Waals surface area (Å²) in [5.74, 6) is 1.84. The highest BCUT2D eigenvalue weighted by atomic mass is 32.2. The van der Waals surface area contributed by atoms with Crippen LogP contribution in [0.4, 0.5) is 5.69 Å². The Morgan fingerprint density at radius 3 is 2.02 bits per heavy atom. The summed E-state index contributed by atoms with van der Waals surface area (Å²) in [6.45, 7) is 1.81. The van der Waals surface area contributed by atoms with Crippen molar-refractivity contribution in [3.63, 3.8) is 0 Å². The maximum Gasteiger partial charge on any atom is 0.244 e. The van der Waals surface area contributed by atoms with E-state index in [1.54, 1.807) is 4.90 Å². The van der Waals surface area contributed by atoms with Crippen molar-refractivity contribution in [1.29, 1.82) is 0 Å². The molecule has 8 rings (SSSR count). The summed E-state index contributed by atoms with van der Waals surface area (Å²) in [6.07, 6.45) is 14.4. The van der Waals surface area contributed by atoms with Gasteiger partial charge in [0.15, 0.2) is 0 Å². The van der Waals surface area contributed by atoms with Gasteiger partial charge in [-0.15, -0.1) is 0 Å². The summed E-state index contributed by atoms with van der Waals surface area (Å²) in [4.78, 5) is 30.5. The molecule has 0 aliphatic heterocycles. The monoisotopic (exact) mass is 695 g/mol. The number of nitrogens with zero attached hydrogens (tertiary/aromatic N) is 2. The largest absolute Gasteiger partial charge is 0.352 e. The van der Waals surface area contributed by atoms with Crippen LogP contribution in [0.2, 0.25) is 0 Å². The van der Waals surface area contributed by atoms with Gasteiger partial charge in [0, 0.05) is 19.0 Å².